The van der Waals surface area contributed by atoms with Crippen LogP contribution in [0, 0.1) is 11.7 Å². The van der Waals surface area contributed by atoms with Crippen molar-refractivity contribution >= 4 is 11.8 Å². The number of carbonyl (C=O) groups is 2. The van der Waals surface area contributed by atoms with Gasteiger partial charge in [-0.25, -0.2) is 4.39 Å². The van der Waals surface area contributed by atoms with E-state index in [2.05, 4.69) is 51.7 Å². The third-order valence-electron chi connectivity index (χ3n) is 6.15. The van der Waals surface area contributed by atoms with Gasteiger partial charge in [0.1, 0.15) is 11.9 Å². The SMILES string of the molecule is CC(C)C(NC(=O)c1ccccc1F)C(=O)NCCCN1CCN(C)CC1c1ccccc1. The molecule has 0 aliphatic carbocycles. The second kappa shape index (κ2) is 11.9. The normalized spacial score (nSPS) is 18.2. The summed E-state index contributed by atoms with van der Waals surface area (Å²) in [5.41, 5.74) is 1.25. The van der Waals surface area contributed by atoms with Crippen molar-refractivity contribution in [1.82, 2.24) is 20.4 Å². The maximum atomic E-state index is 13.9. The van der Waals surface area contributed by atoms with Crippen LogP contribution in [0.5, 0.6) is 0 Å². The summed E-state index contributed by atoms with van der Waals surface area (Å²) in [6.45, 7) is 8.10. The van der Waals surface area contributed by atoms with Gasteiger partial charge in [-0.1, -0.05) is 56.3 Å². The standard InChI is InChI=1S/C26H35FN4O2/c1-19(2)24(29-25(32)21-12-7-8-13-22(21)27)26(33)28-14-9-15-31-17-16-30(3)18-23(31)20-10-5-4-6-11-20/h4-8,10-13,19,23-24H,9,14-18H2,1-3H3,(H,28,33)(H,29,32). The molecule has 2 aromatic carbocycles. The van der Waals surface area contributed by atoms with Crippen molar-refractivity contribution < 1.29 is 14.0 Å². The van der Waals surface area contributed by atoms with Gasteiger partial charge in [-0.05, 0) is 37.1 Å². The lowest BCUT2D eigenvalue weighted by Crippen LogP contribution is -2.50. The summed E-state index contributed by atoms with van der Waals surface area (Å²) in [6.07, 6.45) is 0.810. The van der Waals surface area contributed by atoms with Crippen LogP contribution in [0.4, 0.5) is 4.39 Å². The molecule has 6 nitrogen and oxygen atoms in total. The molecule has 1 saturated heterocycles. The van der Waals surface area contributed by atoms with Gasteiger partial charge >= 0.3 is 0 Å². The molecular formula is C26H35FN4O2. The van der Waals surface area contributed by atoms with Crippen molar-refractivity contribution in [2.75, 3.05) is 39.8 Å². The number of benzene rings is 2. The zero-order valence-corrected chi connectivity index (χ0v) is 19.8. The molecule has 1 aliphatic rings. The average molecular weight is 455 g/mol. The Morgan fingerprint density at radius 1 is 1.06 bits per heavy atom. The third kappa shape index (κ3) is 6.85. The number of hydrogen-bond acceptors (Lipinski definition) is 4. The van der Waals surface area contributed by atoms with Crippen molar-refractivity contribution in [2.24, 2.45) is 5.92 Å². The highest BCUT2D eigenvalue weighted by Gasteiger charge is 2.27. The fourth-order valence-corrected chi connectivity index (χ4v) is 4.22. The molecule has 3 rings (SSSR count). The highest BCUT2D eigenvalue weighted by atomic mass is 19.1. The Bertz CT molecular complexity index is 922. The molecule has 2 aromatic rings. The molecule has 0 spiro atoms. The molecule has 0 saturated carbocycles. The minimum atomic E-state index is -0.724. The number of nitrogens with zero attached hydrogens (tertiary/aromatic N) is 2. The van der Waals surface area contributed by atoms with E-state index in [4.69, 9.17) is 0 Å². The maximum Gasteiger partial charge on any atom is 0.254 e. The molecule has 1 aliphatic heterocycles. The number of piperazine rings is 1. The molecule has 1 heterocycles. The molecule has 0 aromatic heterocycles. The Morgan fingerprint density at radius 2 is 1.76 bits per heavy atom. The topological polar surface area (TPSA) is 64.7 Å². The minimum absolute atomic E-state index is 0.0574. The first-order chi connectivity index (χ1) is 15.9. The van der Waals surface area contributed by atoms with E-state index in [1.54, 1.807) is 6.07 Å². The first kappa shape index (κ1) is 24.9. The predicted molar refractivity (Wildman–Crippen MR) is 128 cm³/mol. The molecular weight excluding hydrogens is 419 g/mol. The molecule has 0 radical (unpaired) electrons. The quantitative estimate of drug-likeness (QED) is 0.572. The van der Waals surface area contributed by atoms with Gasteiger partial charge in [0.15, 0.2) is 0 Å². The predicted octanol–water partition coefficient (Wildman–Crippen LogP) is 3.08. The van der Waals surface area contributed by atoms with Crippen molar-refractivity contribution in [3.05, 3.63) is 71.5 Å². The van der Waals surface area contributed by atoms with E-state index in [0.717, 1.165) is 32.6 Å². The monoisotopic (exact) mass is 454 g/mol. The van der Waals surface area contributed by atoms with E-state index in [1.807, 2.05) is 19.9 Å². The number of halogens is 1. The van der Waals surface area contributed by atoms with E-state index in [9.17, 15) is 14.0 Å². The first-order valence-electron chi connectivity index (χ1n) is 11.7. The van der Waals surface area contributed by atoms with E-state index >= 15 is 0 Å². The van der Waals surface area contributed by atoms with Gasteiger partial charge in [0.2, 0.25) is 5.91 Å². The lowest BCUT2D eigenvalue weighted by molar-refractivity contribution is -0.123. The highest BCUT2D eigenvalue weighted by molar-refractivity contribution is 5.97. The van der Waals surface area contributed by atoms with Gasteiger partial charge in [0.25, 0.3) is 5.91 Å². The number of likely N-dealkylation sites (N-methyl/N-ethyl adjacent to an activating group) is 1. The van der Waals surface area contributed by atoms with Crippen molar-refractivity contribution in [2.45, 2.75) is 32.4 Å². The third-order valence-corrected chi connectivity index (χ3v) is 6.15. The van der Waals surface area contributed by atoms with Crippen molar-refractivity contribution in [3.8, 4) is 0 Å². The fourth-order valence-electron chi connectivity index (χ4n) is 4.22. The van der Waals surface area contributed by atoms with Gasteiger partial charge < -0.3 is 15.5 Å². The summed E-state index contributed by atoms with van der Waals surface area (Å²) in [5.74, 6) is -1.54. The summed E-state index contributed by atoms with van der Waals surface area (Å²) in [7, 11) is 2.15. The summed E-state index contributed by atoms with van der Waals surface area (Å²) in [6, 6.07) is 15.9. The lowest BCUT2D eigenvalue weighted by Gasteiger charge is -2.40. The number of carbonyl (C=O) groups excluding carboxylic acids is 2. The second-order valence-electron chi connectivity index (χ2n) is 9.04. The summed E-state index contributed by atoms with van der Waals surface area (Å²) >= 11 is 0. The Balaban J connectivity index is 1.51. The van der Waals surface area contributed by atoms with Crippen LogP contribution in [0.25, 0.3) is 0 Å². The van der Waals surface area contributed by atoms with Crippen LogP contribution in [-0.2, 0) is 4.79 Å². The van der Waals surface area contributed by atoms with Gasteiger partial charge in [0.05, 0.1) is 5.56 Å². The molecule has 2 unspecified atom stereocenters. The number of hydrogen-bond donors (Lipinski definition) is 2. The molecule has 0 bridgehead atoms. The Kier molecular flexibility index (Phi) is 8.97. The van der Waals surface area contributed by atoms with Gasteiger partial charge in [0, 0.05) is 38.8 Å². The molecule has 178 valence electrons. The molecule has 7 heteroatoms. The Morgan fingerprint density at radius 3 is 2.45 bits per heavy atom. The highest BCUT2D eigenvalue weighted by Crippen LogP contribution is 2.24. The molecule has 2 N–H and O–H groups in total. The summed E-state index contributed by atoms with van der Waals surface area (Å²) in [5, 5.41) is 5.64. The van der Waals surface area contributed by atoms with Crippen LogP contribution in [-0.4, -0.2) is 67.4 Å². The number of rotatable bonds is 9. The van der Waals surface area contributed by atoms with Gasteiger partial charge in [-0.2, -0.15) is 0 Å². The van der Waals surface area contributed by atoms with Crippen molar-refractivity contribution in [3.63, 3.8) is 0 Å². The van der Waals surface area contributed by atoms with Crippen LogP contribution in [0.2, 0.25) is 0 Å². The zero-order valence-electron chi connectivity index (χ0n) is 19.8. The minimum Gasteiger partial charge on any atom is -0.354 e. The second-order valence-corrected chi connectivity index (χ2v) is 9.04. The number of nitrogens with one attached hydrogen (secondary N) is 2. The summed E-state index contributed by atoms with van der Waals surface area (Å²) in [4.78, 5) is 30.1. The van der Waals surface area contributed by atoms with Crippen LogP contribution >= 0.6 is 0 Å². The van der Waals surface area contributed by atoms with Crippen LogP contribution in [0.1, 0.15) is 42.2 Å². The molecule has 2 atom stereocenters. The van der Waals surface area contributed by atoms with E-state index in [-0.39, 0.29) is 17.4 Å². The van der Waals surface area contributed by atoms with Crippen LogP contribution in [0.15, 0.2) is 54.6 Å². The molecule has 33 heavy (non-hydrogen) atoms. The van der Waals surface area contributed by atoms with Crippen LogP contribution < -0.4 is 10.6 Å². The fraction of sp³-hybridized carbons (Fsp3) is 0.462. The number of amides is 2. The van der Waals surface area contributed by atoms with Gasteiger partial charge in [-0.15, -0.1) is 0 Å². The average Bonchev–Trinajstić information content (AvgIpc) is 2.81. The summed E-state index contributed by atoms with van der Waals surface area (Å²) < 4.78 is 13.9. The maximum absolute atomic E-state index is 13.9. The van der Waals surface area contributed by atoms with E-state index in [0.29, 0.717) is 12.6 Å². The van der Waals surface area contributed by atoms with E-state index in [1.165, 1.54) is 23.8 Å². The first-order valence-corrected chi connectivity index (χ1v) is 11.7. The van der Waals surface area contributed by atoms with Gasteiger partial charge in [-0.3, -0.25) is 14.5 Å². The van der Waals surface area contributed by atoms with E-state index < -0.39 is 17.8 Å². The molecule has 1 fully saturated rings. The van der Waals surface area contributed by atoms with Crippen LogP contribution in [0.3, 0.4) is 0 Å². The Labute approximate surface area is 196 Å². The van der Waals surface area contributed by atoms with Crippen molar-refractivity contribution in [1.29, 1.82) is 0 Å². The largest absolute Gasteiger partial charge is 0.354 e. The molecule has 2 amide bonds. The smallest absolute Gasteiger partial charge is 0.254 e. The lowest BCUT2D eigenvalue weighted by atomic mass is 10.0. The zero-order chi connectivity index (χ0) is 23.8. The Hall–Kier alpha value is -2.77.